The lowest BCUT2D eigenvalue weighted by Gasteiger charge is -2.25. The number of guanidine groups is 1. The summed E-state index contributed by atoms with van der Waals surface area (Å²) in [4.78, 5) is 9.31. The molecule has 0 amide bonds. The van der Waals surface area contributed by atoms with Crippen LogP contribution < -0.4 is 10.6 Å². The summed E-state index contributed by atoms with van der Waals surface area (Å²) in [6.07, 6.45) is 1.90. The standard InChI is InChI=1S/C18H30N8O.HI/c1-6-19-18(20-9-15-12(2)23-25(4)13(15)3)21-14-7-8-17-22-16(11-27-5)24-26(17)10-14;/h14H,6-11H2,1-5H3,(H2,19,20,21);1H. The highest BCUT2D eigenvalue weighted by atomic mass is 127. The Morgan fingerprint density at radius 2 is 2.11 bits per heavy atom. The number of nitrogens with one attached hydrogen (secondary N) is 2. The fourth-order valence-corrected chi connectivity index (χ4v) is 3.39. The second kappa shape index (κ2) is 10.2. The summed E-state index contributed by atoms with van der Waals surface area (Å²) in [7, 11) is 3.63. The minimum atomic E-state index is 0. The Morgan fingerprint density at radius 1 is 1.32 bits per heavy atom. The maximum Gasteiger partial charge on any atom is 0.191 e. The number of methoxy groups -OCH3 is 1. The zero-order valence-corrected chi connectivity index (χ0v) is 19.7. The maximum absolute atomic E-state index is 5.13. The Balaban J connectivity index is 0.00000280. The lowest BCUT2D eigenvalue weighted by Crippen LogP contribution is -2.47. The van der Waals surface area contributed by atoms with Gasteiger partial charge in [0.1, 0.15) is 12.4 Å². The Bertz CT molecular complexity index is 813. The monoisotopic (exact) mass is 502 g/mol. The van der Waals surface area contributed by atoms with Gasteiger partial charge >= 0.3 is 0 Å². The van der Waals surface area contributed by atoms with Crippen molar-refractivity contribution in [1.29, 1.82) is 0 Å². The molecular formula is C18H31IN8O. The molecule has 0 saturated heterocycles. The minimum absolute atomic E-state index is 0. The molecule has 1 aliphatic rings. The number of rotatable bonds is 6. The van der Waals surface area contributed by atoms with E-state index in [-0.39, 0.29) is 30.0 Å². The molecular weight excluding hydrogens is 471 g/mol. The lowest BCUT2D eigenvalue weighted by molar-refractivity contribution is 0.177. The van der Waals surface area contributed by atoms with E-state index < -0.39 is 0 Å². The second-order valence-electron chi connectivity index (χ2n) is 6.91. The molecule has 156 valence electrons. The van der Waals surface area contributed by atoms with Crippen LogP contribution in [0.25, 0.3) is 0 Å². The fraction of sp³-hybridized carbons (Fsp3) is 0.667. The van der Waals surface area contributed by atoms with E-state index in [0.717, 1.165) is 54.9 Å². The largest absolute Gasteiger partial charge is 0.377 e. The predicted molar refractivity (Wildman–Crippen MR) is 119 cm³/mol. The van der Waals surface area contributed by atoms with Gasteiger partial charge in [0, 0.05) is 44.4 Å². The van der Waals surface area contributed by atoms with Gasteiger partial charge in [0.05, 0.1) is 18.8 Å². The normalized spacial score (nSPS) is 16.5. The molecule has 1 aliphatic heterocycles. The molecule has 2 aromatic heterocycles. The predicted octanol–water partition coefficient (Wildman–Crippen LogP) is 1.46. The SMILES string of the molecule is CCNC(=NCc1c(C)nn(C)c1C)NC1CCc2nc(COC)nn2C1.I. The summed E-state index contributed by atoms with van der Waals surface area (Å²) in [6, 6.07) is 0.267. The van der Waals surface area contributed by atoms with Crippen molar-refractivity contribution in [1.82, 2.24) is 35.2 Å². The first-order chi connectivity index (χ1) is 13.0. The van der Waals surface area contributed by atoms with E-state index in [0.29, 0.717) is 13.2 Å². The average molecular weight is 502 g/mol. The average Bonchev–Trinajstić information content (AvgIpc) is 3.13. The van der Waals surface area contributed by atoms with Crippen molar-refractivity contribution in [2.75, 3.05) is 13.7 Å². The van der Waals surface area contributed by atoms with E-state index in [1.165, 1.54) is 5.56 Å². The molecule has 0 radical (unpaired) electrons. The van der Waals surface area contributed by atoms with Gasteiger partial charge in [-0.05, 0) is 27.2 Å². The van der Waals surface area contributed by atoms with E-state index in [2.05, 4.69) is 39.7 Å². The molecule has 9 nitrogen and oxygen atoms in total. The number of ether oxygens (including phenoxy) is 1. The van der Waals surface area contributed by atoms with Crippen LogP contribution in [0.2, 0.25) is 0 Å². The van der Waals surface area contributed by atoms with Crippen LogP contribution in [-0.2, 0) is 37.9 Å². The summed E-state index contributed by atoms with van der Waals surface area (Å²) >= 11 is 0. The molecule has 0 fully saturated rings. The Labute approximate surface area is 183 Å². The zero-order valence-electron chi connectivity index (χ0n) is 17.3. The first-order valence-electron chi connectivity index (χ1n) is 9.47. The van der Waals surface area contributed by atoms with Crippen molar-refractivity contribution in [2.24, 2.45) is 12.0 Å². The zero-order chi connectivity index (χ0) is 19.4. The quantitative estimate of drug-likeness (QED) is 0.353. The third kappa shape index (κ3) is 5.22. The number of aliphatic imine (C=N–C) groups is 1. The first kappa shape index (κ1) is 22.6. The van der Waals surface area contributed by atoms with E-state index in [1.54, 1.807) is 7.11 Å². The second-order valence-corrected chi connectivity index (χ2v) is 6.91. The molecule has 0 spiro atoms. The smallest absolute Gasteiger partial charge is 0.191 e. The van der Waals surface area contributed by atoms with Gasteiger partial charge in [-0.3, -0.25) is 4.68 Å². The number of hydrogen-bond donors (Lipinski definition) is 2. The molecule has 1 atom stereocenters. The van der Waals surface area contributed by atoms with E-state index in [1.807, 2.05) is 23.3 Å². The van der Waals surface area contributed by atoms with Gasteiger partial charge in [-0.1, -0.05) is 0 Å². The van der Waals surface area contributed by atoms with Crippen molar-refractivity contribution in [3.8, 4) is 0 Å². The Hall–Kier alpha value is -1.69. The molecule has 2 N–H and O–H groups in total. The van der Waals surface area contributed by atoms with Crippen molar-refractivity contribution in [2.45, 2.75) is 59.4 Å². The molecule has 0 saturated carbocycles. The number of nitrogens with zero attached hydrogens (tertiary/aromatic N) is 6. The highest BCUT2D eigenvalue weighted by Gasteiger charge is 2.22. The Kier molecular flexibility index (Phi) is 8.23. The minimum Gasteiger partial charge on any atom is -0.377 e. The number of aromatic nitrogens is 5. The number of aryl methyl sites for hydroxylation is 3. The highest BCUT2D eigenvalue weighted by molar-refractivity contribution is 14.0. The molecule has 0 aromatic carbocycles. The number of fused-ring (bicyclic) bond motifs is 1. The summed E-state index contributed by atoms with van der Waals surface area (Å²) in [5.74, 6) is 2.60. The first-order valence-corrected chi connectivity index (χ1v) is 9.47. The van der Waals surface area contributed by atoms with Gasteiger partial charge in [0.15, 0.2) is 11.8 Å². The molecule has 0 aliphatic carbocycles. The molecule has 1 unspecified atom stereocenters. The van der Waals surface area contributed by atoms with Crippen LogP contribution in [-0.4, -0.2) is 50.2 Å². The molecule has 2 aromatic rings. The highest BCUT2D eigenvalue weighted by Crippen LogP contribution is 2.15. The van der Waals surface area contributed by atoms with Gasteiger partial charge in [0.25, 0.3) is 0 Å². The lowest BCUT2D eigenvalue weighted by atomic mass is 10.1. The third-order valence-corrected chi connectivity index (χ3v) is 4.91. The van der Waals surface area contributed by atoms with Gasteiger partial charge in [-0.15, -0.1) is 24.0 Å². The van der Waals surface area contributed by atoms with Crippen LogP contribution in [0, 0.1) is 13.8 Å². The molecule has 3 heterocycles. The van der Waals surface area contributed by atoms with Crippen LogP contribution in [0.1, 0.15) is 41.9 Å². The van der Waals surface area contributed by atoms with Crippen molar-refractivity contribution < 1.29 is 4.74 Å². The fourth-order valence-electron chi connectivity index (χ4n) is 3.39. The van der Waals surface area contributed by atoms with Gasteiger partial charge < -0.3 is 15.4 Å². The number of halogens is 1. The van der Waals surface area contributed by atoms with Gasteiger partial charge in [-0.2, -0.15) is 10.2 Å². The van der Waals surface area contributed by atoms with Gasteiger partial charge in [0.2, 0.25) is 0 Å². The Morgan fingerprint density at radius 3 is 2.75 bits per heavy atom. The molecule has 10 heteroatoms. The van der Waals surface area contributed by atoms with E-state index >= 15 is 0 Å². The van der Waals surface area contributed by atoms with Crippen molar-refractivity contribution in [3.63, 3.8) is 0 Å². The van der Waals surface area contributed by atoms with E-state index in [4.69, 9.17) is 9.73 Å². The van der Waals surface area contributed by atoms with Crippen LogP contribution in [0.15, 0.2) is 4.99 Å². The van der Waals surface area contributed by atoms with Crippen LogP contribution >= 0.6 is 24.0 Å². The number of hydrogen-bond acceptors (Lipinski definition) is 5. The maximum atomic E-state index is 5.13. The topological polar surface area (TPSA) is 94.2 Å². The summed E-state index contributed by atoms with van der Waals surface area (Å²) in [5, 5.41) is 15.9. The van der Waals surface area contributed by atoms with Gasteiger partial charge in [-0.25, -0.2) is 14.7 Å². The van der Waals surface area contributed by atoms with Crippen molar-refractivity contribution in [3.05, 3.63) is 28.6 Å². The van der Waals surface area contributed by atoms with Crippen LogP contribution in [0.4, 0.5) is 0 Å². The van der Waals surface area contributed by atoms with E-state index in [9.17, 15) is 0 Å². The van der Waals surface area contributed by atoms with Crippen LogP contribution in [0.5, 0.6) is 0 Å². The summed E-state index contributed by atoms with van der Waals surface area (Å²) in [6.45, 7) is 8.84. The molecule has 28 heavy (non-hydrogen) atoms. The molecule has 3 rings (SSSR count). The molecule has 0 bridgehead atoms. The summed E-state index contributed by atoms with van der Waals surface area (Å²) < 4.78 is 9.02. The third-order valence-electron chi connectivity index (χ3n) is 4.91. The van der Waals surface area contributed by atoms with Crippen molar-refractivity contribution >= 4 is 29.9 Å². The summed E-state index contributed by atoms with van der Waals surface area (Å²) in [5.41, 5.74) is 3.37. The van der Waals surface area contributed by atoms with Crippen LogP contribution in [0.3, 0.4) is 0 Å².